The molecule has 0 aliphatic heterocycles. The van der Waals surface area contributed by atoms with Crippen molar-refractivity contribution in [3.8, 4) is 6.07 Å². The number of anilines is 1. The number of para-hydroxylation sites is 2. The molecule has 0 atom stereocenters. The first-order chi connectivity index (χ1) is 21.9. The van der Waals surface area contributed by atoms with Crippen LogP contribution in [0.15, 0.2) is 97.1 Å². The zero-order valence-electron chi connectivity index (χ0n) is 26.7. The predicted octanol–water partition coefficient (Wildman–Crippen LogP) is -0.451. The molecule has 0 bridgehead atoms. The number of nitrogen functional groups attached to an aromatic ring is 1. The molecule has 11 nitrogen and oxygen atoms in total. The van der Waals surface area contributed by atoms with Gasteiger partial charge in [0.2, 0.25) is 0 Å². The first-order valence-electron chi connectivity index (χ1n) is 13.8. The molecule has 0 fully saturated rings. The van der Waals surface area contributed by atoms with Crippen molar-refractivity contribution in [1.29, 1.82) is 5.26 Å². The van der Waals surface area contributed by atoms with Crippen LogP contribution in [0, 0.1) is 11.3 Å². The van der Waals surface area contributed by atoms with Crippen LogP contribution in [0.4, 0.5) is 5.82 Å². The summed E-state index contributed by atoms with van der Waals surface area (Å²) in [6, 6.07) is 30.6. The summed E-state index contributed by atoms with van der Waals surface area (Å²) in [5.74, 6) is -0.780. The monoisotopic (exact) mass is 644 g/mol. The number of nitrogens with one attached hydrogen (secondary N) is 1. The minimum atomic E-state index is -0.479. The van der Waals surface area contributed by atoms with Gasteiger partial charge in [-0.3, -0.25) is 4.79 Å². The van der Waals surface area contributed by atoms with Crippen molar-refractivity contribution in [2.24, 2.45) is 5.73 Å². The molecule has 5 rings (SSSR count). The molecule has 0 radical (unpaired) electrons. The van der Waals surface area contributed by atoms with E-state index in [4.69, 9.17) is 21.8 Å². The molecule has 7 N–H and O–H groups in total. The fourth-order valence-electron chi connectivity index (χ4n) is 4.10. The third-order valence-corrected chi connectivity index (χ3v) is 6.50. The van der Waals surface area contributed by atoms with Crippen molar-refractivity contribution in [3.05, 3.63) is 136 Å². The fraction of sp³-hybridized carbons (Fsp3) is 0.147. The van der Waals surface area contributed by atoms with E-state index in [0.29, 0.717) is 28.7 Å². The number of nitriles is 1. The Morgan fingerprint density at radius 1 is 0.830 bits per heavy atom. The van der Waals surface area contributed by atoms with E-state index in [-0.39, 0.29) is 68.9 Å². The van der Waals surface area contributed by atoms with E-state index in [1.165, 1.54) is 7.11 Å². The number of amides is 1. The second kappa shape index (κ2) is 21.3. The van der Waals surface area contributed by atoms with Crippen LogP contribution in [0.1, 0.15) is 50.1 Å². The topological polar surface area (TPSA) is 197 Å². The zero-order chi connectivity index (χ0) is 32.6. The summed E-state index contributed by atoms with van der Waals surface area (Å²) in [5.41, 5.74) is 16.8. The number of esters is 1. The summed E-state index contributed by atoms with van der Waals surface area (Å²) in [4.78, 5) is 31.8. The van der Waals surface area contributed by atoms with Gasteiger partial charge in [0.05, 0.1) is 42.5 Å². The summed E-state index contributed by atoms with van der Waals surface area (Å²) < 4.78 is 4.49. The molecule has 13 heteroatoms. The number of nitrogens with zero attached hydrogens (tertiary/aromatic N) is 3. The van der Waals surface area contributed by atoms with Gasteiger partial charge in [-0.25, -0.2) is 14.8 Å². The van der Waals surface area contributed by atoms with E-state index >= 15 is 0 Å². The van der Waals surface area contributed by atoms with Gasteiger partial charge < -0.3 is 33.2 Å². The smallest absolute Gasteiger partial charge is 1.00 e. The number of carbonyl (C=O) groups excluding carboxylic acids is 2. The van der Waals surface area contributed by atoms with Crippen molar-refractivity contribution in [3.63, 3.8) is 0 Å². The molecular weight excluding hydrogens is 606 g/mol. The number of aliphatic hydroxyl groups is 2. The molecule has 0 saturated carbocycles. The summed E-state index contributed by atoms with van der Waals surface area (Å²) >= 11 is 0. The van der Waals surface area contributed by atoms with E-state index in [2.05, 4.69) is 20.0 Å². The van der Waals surface area contributed by atoms with E-state index in [1.807, 2.05) is 66.7 Å². The van der Waals surface area contributed by atoms with Gasteiger partial charge in [-0.05, 0) is 46.5 Å². The molecule has 0 aliphatic rings. The molecule has 1 amide bonds. The van der Waals surface area contributed by atoms with Crippen LogP contribution in [-0.4, -0.2) is 56.5 Å². The van der Waals surface area contributed by atoms with Crippen LogP contribution < -0.4 is 35.6 Å². The van der Waals surface area contributed by atoms with E-state index in [1.54, 1.807) is 36.4 Å². The summed E-state index contributed by atoms with van der Waals surface area (Å²) in [5, 5.41) is 29.5. The predicted molar refractivity (Wildman–Crippen MR) is 181 cm³/mol. The minimum absolute atomic E-state index is 0. The van der Waals surface area contributed by atoms with E-state index < -0.39 is 11.9 Å². The van der Waals surface area contributed by atoms with Crippen LogP contribution in [0.3, 0.4) is 0 Å². The summed E-state index contributed by atoms with van der Waals surface area (Å²) in [7, 11) is 1.29. The zero-order valence-corrected chi connectivity index (χ0v) is 25.7. The number of aromatic nitrogens is 2. The number of nitrogens with two attached hydrogens (primary N) is 2. The third-order valence-electron chi connectivity index (χ3n) is 6.50. The molecule has 0 spiro atoms. The Kier molecular flexibility index (Phi) is 18.3. The Labute approximate surface area is 297 Å². The van der Waals surface area contributed by atoms with Crippen LogP contribution in [-0.2, 0) is 31.0 Å². The molecule has 0 saturated heterocycles. The number of carbonyl (C=O) groups is 2. The molecule has 1 heterocycles. The first-order valence-corrected chi connectivity index (χ1v) is 13.8. The average molecular weight is 645 g/mol. The Bertz CT molecular complexity index is 1790. The second-order valence-electron chi connectivity index (χ2n) is 9.34. The van der Waals surface area contributed by atoms with Gasteiger partial charge in [-0.1, -0.05) is 72.8 Å². The first kappa shape index (κ1) is 40.5. The molecular formula is C34H38AlLiN6O5. The number of rotatable bonds is 7. The van der Waals surface area contributed by atoms with Crippen molar-refractivity contribution in [2.75, 3.05) is 12.8 Å². The van der Waals surface area contributed by atoms with Gasteiger partial charge in [0.25, 0.3) is 5.91 Å². The quantitative estimate of drug-likeness (QED) is 0.114. The standard InChI is InChI=1S/C17H16N4O2.C9H7NO2.C8H11NO.Al.Li.4H/c18-16-15(20-13-7-3-4-8-14(13)21-16)17(23)19-9-11-5-1-2-6-12(11)10-22;1-12-9(11)8-5-3-2-4-7(8)6-10;9-5-7-3-1-2-4-8(7)6-10;;;;;;/h1-8,22H,9-10H2,(H2,18,21)(H,19,23);2-5H,1H3;1-4,10H,5-6,9H2;;;;;;/q;;;;+1;;;;-1. The van der Waals surface area contributed by atoms with Gasteiger partial charge in [-0.2, -0.15) is 5.26 Å². The normalized spacial score (nSPS) is 9.51. The molecule has 4 aromatic carbocycles. The van der Waals surface area contributed by atoms with Gasteiger partial charge in [0, 0.05) is 13.1 Å². The molecule has 0 aliphatic carbocycles. The maximum absolute atomic E-state index is 12.3. The Morgan fingerprint density at radius 3 is 1.85 bits per heavy atom. The van der Waals surface area contributed by atoms with Crippen molar-refractivity contribution in [1.82, 2.24) is 15.3 Å². The van der Waals surface area contributed by atoms with Crippen molar-refractivity contribution < 1.29 is 44.8 Å². The molecule has 238 valence electrons. The average Bonchev–Trinajstić information content (AvgIpc) is 3.10. The number of hydrogen-bond acceptors (Lipinski definition) is 10. The van der Waals surface area contributed by atoms with Gasteiger partial charge in [0.15, 0.2) is 28.9 Å². The summed E-state index contributed by atoms with van der Waals surface area (Å²) in [6.07, 6.45) is 0. The van der Waals surface area contributed by atoms with E-state index in [0.717, 1.165) is 22.3 Å². The van der Waals surface area contributed by atoms with Crippen LogP contribution >= 0.6 is 0 Å². The number of hydrogen-bond donors (Lipinski definition) is 5. The van der Waals surface area contributed by atoms with Crippen molar-refractivity contribution in [2.45, 2.75) is 26.3 Å². The SMILES string of the molecule is COC(=O)c1ccccc1C#N.NCc1ccccc1CO.Nc1nc2ccccc2nc1C(=O)NCc1ccccc1CO.[AlH3].[H-].[Li+]. The third kappa shape index (κ3) is 11.6. The van der Waals surface area contributed by atoms with Gasteiger partial charge >= 0.3 is 24.8 Å². The number of aliphatic hydroxyl groups excluding tert-OH is 2. The fourth-order valence-corrected chi connectivity index (χ4v) is 4.10. The number of benzene rings is 4. The molecule has 0 unspecified atom stereocenters. The van der Waals surface area contributed by atoms with Crippen molar-refractivity contribution >= 4 is 46.1 Å². The van der Waals surface area contributed by atoms with Gasteiger partial charge in [0.1, 0.15) is 6.07 Å². The maximum Gasteiger partial charge on any atom is 1.00 e. The Hall–Kier alpha value is -4.54. The van der Waals surface area contributed by atoms with Crippen LogP contribution in [0.5, 0.6) is 0 Å². The maximum atomic E-state index is 12.3. The van der Waals surface area contributed by atoms with E-state index in [9.17, 15) is 14.7 Å². The number of methoxy groups -OCH3 is 1. The Morgan fingerprint density at radius 2 is 1.32 bits per heavy atom. The second-order valence-corrected chi connectivity index (χ2v) is 9.34. The largest absolute Gasteiger partial charge is 1.00 e. The Balaban J connectivity index is 0.000000750. The minimum Gasteiger partial charge on any atom is -1.00 e. The molecule has 47 heavy (non-hydrogen) atoms. The summed E-state index contributed by atoms with van der Waals surface area (Å²) in [6.45, 7) is 0.775. The van der Waals surface area contributed by atoms with Gasteiger partial charge in [-0.15, -0.1) is 0 Å². The van der Waals surface area contributed by atoms with Crippen LogP contribution in [0.2, 0.25) is 0 Å². The molecule has 1 aromatic heterocycles. The number of ether oxygens (including phenoxy) is 1. The number of fused-ring (bicyclic) bond motifs is 1. The van der Waals surface area contributed by atoms with Crippen LogP contribution in [0.25, 0.3) is 11.0 Å². The molecule has 5 aromatic rings.